The monoisotopic (exact) mass is 228 g/mol. The summed E-state index contributed by atoms with van der Waals surface area (Å²) in [5.41, 5.74) is 2.34. The van der Waals surface area contributed by atoms with Gasteiger partial charge in [0.1, 0.15) is 0 Å². The van der Waals surface area contributed by atoms with E-state index in [1.807, 2.05) is 37.1 Å². The van der Waals surface area contributed by atoms with Crippen LogP contribution in [0, 0.1) is 0 Å². The van der Waals surface area contributed by atoms with E-state index in [-0.39, 0.29) is 0 Å². The predicted molar refractivity (Wildman–Crippen MR) is 66.5 cm³/mol. The molecule has 0 radical (unpaired) electrons. The zero-order valence-corrected chi connectivity index (χ0v) is 9.71. The summed E-state index contributed by atoms with van der Waals surface area (Å²) in [6.45, 7) is 2.14. The highest BCUT2D eigenvalue weighted by molar-refractivity contribution is 5.57. The summed E-state index contributed by atoms with van der Waals surface area (Å²) >= 11 is 0. The first-order valence-corrected chi connectivity index (χ1v) is 6.07. The molecule has 1 unspecified atom stereocenters. The fraction of sp³-hybridized carbons (Fsp3) is 0.385. The minimum absolute atomic E-state index is 0.588. The number of imidazole rings is 1. The van der Waals surface area contributed by atoms with Gasteiger partial charge in [0.15, 0.2) is 0 Å². The average Bonchev–Trinajstić information content (AvgIpc) is 3.02. The molecule has 88 valence electrons. The molecule has 0 aliphatic carbocycles. The van der Waals surface area contributed by atoms with Crippen LogP contribution in [0.2, 0.25) is 0 Å². The van der Waals surface area contributed by atoms with Crippen LogP contribution >= 0.6 is 0 Å². The van der Waals surface area contributed by atoms with Crippen molar-refractivity contribution in [2.45, 2.75) is 25.4 Å². The number of aromatic nitrogens is 3. The summed E-state index contributed by atoms with van der Waals surface area (Å²) < 4.78 is 2.22. The number of nitrogens with one attached hydrogen (secondary N) is 1. The minimum Gasteiger partial charge on any atom is -0.329 e. The van der Waals surface area contributed by atoms with Gasteiger partial charge in [-0.2, -0.15) is 0 Å². The van der Waals surface area contributed by atoms with Gasteiger partial charge in [-0.25, -0.2) is 4.98 Å². The van der Waals surface area contributed by atoms with Crippen LogP contribution in [-0.4, -0.2) is 27.1 Å². The smallest absolute Gasteiger partial charge is 0.0951 e. The molecule has 3 rings (SSSR count). The molecule has 0 bridgehead atoms. The van der Waals surface area contributed by atoms with E-state index >= 15 is 0 Å². The zero-order valence-electron chi connectivity index (χ0n) is 9.71. The fourth-order valence-corrected chi connectivity index (χ4v) is 2.38. The molecule has 1 atom stereocenters. The van der Waals surface area contributed by atoms with Gasteiger partial charge < -0.3 is 9.88 Å². The van der Waals surface area contributed by atoms with Gasteiger partial charge in [-0.3, -0.25) is 4.98 Å². The first-order valence-electron chi connectivity index (χ1n) is 6.07. The third kappa shape index (κ3) is 2.22. The summed E-state index contributed by atoms with van der Waals surface area (Å²) in [5, 5.41) is 3.51. The van der Waals surface area contributed by atoms with E-state index in [2.05, 4.69) is 19.9 Å². The Morgan fingerprint density at radius 1 is 1.29 bits per heavy atom. The number of nitrogens with zero attached hydrogens (tertiary/aromatic N) is 3. The average molecular weight is 228 g/mol. The maximum atomic E-state index is 4.26. The lowest BCUT2D eigenvalue weighted by Gasteiger charge is -2.13. The molecule has 1 fully saturated rings. The first-order chi connectivity index (χ1) is 8.43. The second kappa shape index (κ2) is 4.67. The molecule has 4 heteroatoms. The highest BCUT2D eigenvalue weighted by Gasteiger charge is 2.15. The van der Waals surface area contributed by atoms with Gasteiger partial charge in [0.2, 0.25) is 0 Å². The van der Waals surface area contributed by atoms with Crippen LogP contribution in [0.3, 0.4) is 0 Å². The Morgan fingerprint density at radius 3 is 2.94 bits per heavy atom. The largest absolute Gasteiger partial charge is 0.329 e. The van der Waals surface area contributed by atoms with Gasteiger partial charge >= 0.3 is 0 Å². The van der Waals surface area contributed by atoms with Crippen molar-refractivity contribution in [1.82, 2.24) is 19.9 Å². The van der Waals surface area contributed by atoms with Gasteiger partial charge in [-0.15, -0.1) is 0 Å². The number of hydrogen-bond acceptors (Lipinski definition) is 3. The molecule has 0 aromatic carbocycles. The molecule has 4 nitrogen and oxygen atoms in total. The first kappa shape index (κ1) is 10.5. The van der Waals surface area contributed by atoms with Gasteiger partial charge in [0.25, 0.3) is 0 Å². The Bertz CT molecular complexity index is 471. The van der Waals surface area contributed by atoms with Crippen molar-refractivity contribution in [3.05, 3.63) is 37.1 Å². The van der Waals surface area contributed by atoms with E-state index in [1.165, 1.54) is 24.1 Å². The molecule has 1 saturated heterocycles. The standard InChI is InChI=1S/C13H16N4/c1-2-12(16-5-1)9-17-10-15-8-13(17)11-3-6-14-7-4-11/h3-4,6-8,10,12,16H,1-2,5,9H2. The second-order valence-corrected chi connectivity index (χ2v) is 4.46. The zero-order chi connectivity index (χ0) is 11.5. The summed E-state index contributed by atoms with van der Waals surface area (Å²) in [6, 6.07) is 4.63. The molecule has 1 aliphatic heterocycles. The number of hydrogen-bond donors (Lipinski definition) is 1. The topological polar surface area (TPSA) is 42.7 Å². The van der Waals surface area contributed by atoms with Gasteiger partial charge in [-0.05, 0) is 31.5 Å². The molecule has 1 N–H and O–H groups in total. The number of rotatable bonds is 3. The van der Waals surface area contributed by atoms with Crippen LogP contribution in [0.4, 0.5) is 0 Å². The van der Waals surface area contributed by atoms with E-state index in [0.29, 0.717) is 6.04 Å². The Morgan fingerprint density at radius 2 is 2.18 bits per heavy atom. The van der Waals surface area contributed by atoms with Crippen LogP contribution in [0.5, 0.6) is 0 Å². The Kier molecular flexibility index (Phi) is 2.88. The molecular weight excluding hydrogens is 212 g/mol. The second-order valence-electron chi connectivity index (χ2n) is 4.46. The maximum Gasteiger partial charge on any atom is 0.0951 e. The normalized spacial score (nSPS) is 19.6. The van der Waals surface area contributed by atoms with E-state index in [0.717, 1.165) is 13.1 Å². The molecule has 17 heavy (non-hydrogen) atoms. The van der Waals surface area contributed by atoms with E-state index < -0.39 is 0 Å². The lowest BCUT2D eigenvalue weighted by atomic mass is 10.2. The van der Waals surface area contributed by atoms with E-state index in [1.54, 1.807) is 0 Å². The van der Waals surface area contributed by atoms with Crippen LogP contribution in [-0.2, 0) is 6.54 Å². The summed E-state index contributed by atoms with van der Waals surface area (Å²) in [4.78, 5) is 8.30. The Balaban J connectivity index is 1.84. The third-order valence-electron chi connectivity index (χ3n) is 3.27. The highest BCUT2D eigenvalue weighted by Crippen LogP contribution is 2.19. The quantitative estimate of drug-likeness (QED) is 0.869. The SMILES string of the molecule is c1cc(-c2cncn2CC2CCCN2)ccn1. The van der Waals surface area contributed by atoms with Crippen LogP contribution in [0.25, 0.3) is 11.3 Å². The fourth-order valence-electron chi connectivity index (χ4n) is 2.38. The van der Waals surface area contributed by atoms with Crippen molar-refractivity contribution in [3.63, 3.8) is 0 Å². The van der Waals surface area contributed by atoms with Gasteiger partial charge in [0.05, 0.1) is 18.2 Å². The highest BCUT2D eigenvalue weighted by atomic mass is 15.1. The molecule has 0 amide bonds. The third-order valence-corrected chi connectivity index (χ3v) is 3.27. The Labute approximate surface area is 101 Å². The molecule has 3 heterocycles. The van der Waals surface area contributed by atoms with Crippen molar-refractivity contribution in [2.24, 2.45) is 0 Å². The lowest BCUT2D eigenvalue weighted by Crippen LogP contribution is -2.26. The van der Waals surface area contributed by atoms with Crippen molar-refractivity contribution in [3.8, 4) is 11.3 Å². The molecule has 1 aliphatic rings. The van der Waals surface area contributed by atoms with Crippen molar-refractivity contribution in [1.29, 1.82) is 0 Å². The van der Waals surface area contributed by atoms with Crippen LogP contribution < -0.4 is 5.32 Å². The van der Waals surface area contributed by atoms with Crippen LogP contribution in [0.1, 0.15) is 12.8 Å². The summed E-state index contributed by atoms with van der Waals surface area (Å²) in [5.74, 6) is 0. The number of pyridine rings is 1. The summed E-state index contributed by atoms with van der Waals surface area (Å²) in [6.07, 6.45) is 10.0. The molecule has 2 aromatic rings. The van der Waals surface area contributed by atoms with Gasteiger partial charge in [-0.1, -0.05) is 0 Å². The maximum absolute atomic E-state index is 4.26. The lowest BCUT2D eigenvalue weighted by molar-refractivity contribution is 0.512. The van der Waals surface area contributed by atoms with Crippen molar-refractivity contribution < 1.29 is 0 Å². The van der Waals surface area contributed by atoms with Crippen molar-refractivity contribution in [2.75, 3.05) is 6.54 Å². The minimum atomic E-state index is 0.588. The molecule has 2 aromatic heterocycles. The van der Waals surface area contributed by atoms with E-state index in [4.69, 9.17) is 0 Å². The Hall–Kier alpha value is -1.68. The molecule has 0 saturated carbocycles. The van der Waals surface area contributed by atoms with Crippen molar-refractivity contribution >= 4 is 0 Å². The van der Waals surface area contributed by atoms with E-state index in [9.17, 15) is 0 Å². The predicted octanol–water partition coefficient (Wildman–Crippen LogP) is 1.70. The van der Waals surface area contributed by atoms with Crippen LogP contribution in [0.15, 0.2) is 37.1 Å². The summed E-state index contributed by atoms with van der Waals surface area (Å²) in [7, 11) is 0. The molecular formula is C13H16N4. The van der Waals surface area contributed by atoms with Gasteiger partial charge in [0, 0.05) is 30.5 Å². The molecule has 0 spiro atoms.